The highest BCUT2D eigenvalue weighted by Crippen LogP contribution is 2.16. The van der Waals surface area contributed by atoms with Crippen LogP contribution in [0.3, 0.4) is 0 Å². The number of hydrogen-bond donors (Lipinski definition) is 0. The van der Waals surface area contributed by atoms with Crippen LogP contribution in [0, 0.1) is 0 Å². The lowest BCUT2D eigenvalue weighted by molar-refractivity contribution is -0.167. The van der Waals surface area contributed by atoms with Crippen molar-refractivity contribution in [3.8, 4) is 0 Å². The van der Waals surface area contributed by atoms with Crippen molar-refractivity contribution in [3.05, 3.63) is 72.9 Å². The van der Waals surface area contributed by atoms with Crippen LogP contribution in [0.1, 0.15) is 323 Å². The first-order valence-corrected chi connectivity index (χ1v) is 31.9. The summed E-state index contributed by atoms with van der Waals surface area (Å²) in [4.78, 5) is 38.2. The number of unbranched alkanes of at least 4 members (excludes halogenated alkanes) is 35. The summed E-state index contributed by atoms with van der Waals surface area (Å²) in [6, 6.07) is 0. The monoisotopic (exact) mass is 1030 g/mol. The van der Waals surface area contributed by atoms with Gasteiger partial charge in [-0.25, -0.2) is 0 Å². The summed E-state index contributed by atoms with van der Waals surface area (Å²) in [5, 5.41) is 0. The Balaban J connectivity index is 4.26. The molecule has 428 valence electrons. The van der Waals surface area contributed by atoms with Crippen LogP contribution < -0.4 is 0 Å². The molecule has 1 atom stereocenters. The average molecular weight is 1030 g/mol. The highest BCUT2D eigenvalue weighted by molar-refractivity contribution is 5.71. The zero-order chi connectivity index (χ0) is 53.6. The van der Waals surface area contributed by atoms with Crippen LogP contribution >= 0.6 is 0 Å². The van der Waals surface area contributed by atoms with E-state index in [9.17, 15) is 14.4 Å². The molecule has 0 radical (unpaired) electrons. The average Bonchev–Trinajstić information content (AvgIpc) is 3.40. The third-order valence-corrected chi connectivity index (χ3v) is 13.9. The molecule has 0 aliphatic heterocycles. The summed E-state index contributed by atoms with van der Waals surface area (Å²) in [7, 11) is 0. The van der Waals surface area contributed by atoms with Gasteiger partial charge in [0.15, 0.2) is 6.10 Å². The first-order valence-electron chi connectivity index (χ1n) is 31.9. The molecule has 0 fully saturated rings. The van der Waals surface area contributed by atoms with Crippen molar-refractivity contribution in [1.82, 2.24) is 0 Å². The number of esters is 3. The lowest BCUT2D eigenvalue weighted by atomic mass is 10.0. The lowest BCUT2D eigenvalue weighted by Crippen LogP contribution is -2.30. The number of ether oxygens (including phenoxy) is 3. The molecule has 1 unspecified atom stereocenters. The zero-order valence-corrected chi connectivity index (χ0v) is 49.1. The fourth-order valence-corrected chi connectivity index (χ4v) is 9.06. The molecular formula is C68H120O6. The number of carbonyl (C=O) groups excluding carboxylic acids is 3. The standard InChI is InChI=1S/C68H120O6/c1-4-7-10-13-16-19-22-25-27-29-30-31-32-33-34-35-36-37-38-40-41-43-46-49-52-55-58-61-67(70)73-64-65(63-72-66(69)60-57-54-51-48-45-24-21-18-15-12-9-6-3)74-68(71)62-59-56-53-50-47-44-42-39-28-26-23-20-17-14-11-8-5-2/h17-18,20-22,25-26,28-30,32-33,65H,4-16,19,23-24,27,31,34-64H2,1-3H3/b20-17-,21-18-,25-22-,28-26-,30-29-,33-32-. The molecule has 0 aromatic carbocycles. The smallest absolute Gasteiger partial charge is 0.306 e. The van der Waals surface area contributed by atoms with Crippen LogP contribution in [0.15, 0.2) is 72.9 Å². The SMILES string of the molecule is CCCCC/C=C\C/C=C\CCCCCCCCCC(=O)OC(COC(=O)CCCCCCC/C=C\CCCCC)COC(=O)CCCCCCCCCCCCCC/C=C\C/C=C\C/C=C\CCCCCCC. The van der Waals surface area contributed by atoms with Gasteiger partial charge in [-0.05, 0) is 116 Å². The van der Waals surface area contributed by atoms with Crippen LogP contribution in [-0.4, -0.2) is 37.2 Å². The summed E-state index contributed by atoms with van der Waals surface area (Å²) >= 11 is 0. The van der Waals surface area contributed by atoms with Crippen molar-refractivity contribution in [3.63, 3.8) is 0 Å². The van der Waals surface area contributed by atoms with Crippen LogP contribution in [0.5, 0.6) is 0 Å². The van der Waals surface area contributed by atoms with Gasteiger partial charge in [0.2, 0.25) is 0 Å². The van der Waals surface area contributed by atoms with Crippen LogP contribution in [-0.2, 0) is 28.6 Å². The van der Waals surface area contributed by atoms with Crippen molar-refractivity contribution in [2.45, 2.75) is 329 Å². The predicted molar refractivity (Wildman–Crippen MR) is 321 cm³/mol. The van der Waals surface area contributed by atoms with Gasteiger partial charge < -0.3 is 14.2 Å². The zero-order valence-electron chi connectivity index (χ0n) is 49.1. The second-order valence-corrected chi connectivity index (χ2v) is 21.3. The van der Waals surface area contributed by atoms with E-state index in [0.717, 1.165) is 89.9 Å². The fourth-order valence-electron chi connectivity index (χ4n) is 9.06. The van der Waals surface area contributed by atoms with E-state index in [4.69, 9.17) is 14.2 Å². The molecule has 0 saturated carbocycles. The van der Waals surface area contributed by atoms with Crippen LogP contribution in [0.4, 0.5) is 0 Å². The normalized spacial score (nSPS) is 12.5. The molecule has 0 amide bonds. The largest absolute Gasteiger partial charge is 0.462 e. The molecule has 0 rings (SSSR count). The molecule has 0 aromatic heterocycles. The van der Waals surface area contributed by atoms with E-state index in [-0.39, 0.29) is 31.1 Å². The van der Waals surface area contributed by atoms with E-state index in [0.29, 0.717) is 19.3 Å². The van der Waals surface area contributed by atoms with Crippen molar-refractivity contribution in [2.75, 3.05) is 13.2 Å². The fraction of sp³-hybridized carbons (Fsp3) is 0.779. The summed E-state index contributed by atoms with van der Waals surface area (Å²) in [6.07, 6.45) is 80.5. The van der Waals surface area contributed by atoms with Gasteiger partial charge in [-0.3, -0.25) is 14.4 Å². The third kappa shape index (κ3) is 59.7. The number of hydrogen-bond acceptors (Lipinski definition) is 6. The predicted octanol–water partition coefficient (Wildman–Crippen LogP) is 21.7. The molecule has 0 aliphatic carbocycles. The second-order valence-electron chi connectivity index (χ2n) is 21.3. The Hall–Kier alpha value is -3.15. The van der Waals surface area contributed by atoms with Gasteiger partial charge in [-0.1, -0.05) is 261 Å². The van der Waals surface area contributed by atoms with Gasteiger partial charge in [-0.15, -0.1) is 0 Å². The van der Waals surface area contributed by atoms with Gasteiger partial charge in [0.25, 0.3) is 0 Å². The third-order valence-electron chi connectivity index (χ3n) is 13.9. The molecule has 0 aliphatic rings. The second kappa shape index (κ2) is 62.4. The minimum absolute atomic E-state index is 0.0808. The van der Waals surface area contributed by atoms with Crippen molar-refractivity contribution < 1.29 is 28.6 Å². The highest BCUT2D eigenvalue weighted by atomic mass is 16.6. The molecule has 74 heavy (non-hydrogen) atoms. The maximum absolute atomic E-state index is 12.9. The highest BCUT2D eigenvalue weighted by Gasteiger charge is 2.19. The van der Waals surface area contributed by atoms with Crippen molar-refractivity contribution in [1.29, 1.82) is 0 Å². The summed E-state index contributed by atoms with van der Waals surface area (Å²) in [6.45, 7) is 6.59. The molecule has 0 bridgehead atoms. The maximum Gasteiger partial charge on any atom is 0.306 e. The Labute approximate surface area is 459 Å². The molecule has 0 spiro atoms. The molecular weight excluding hydrogens is 913 g/mol. The van der Waals surface area contributed by atoms with E-state index in [2.05, 4.69) is 93.7 Å². The van der Waals surface area contributed by atoms with Gasteiger partial charge in [0, 0.05) is 19.3 Å². The van der Waals surface area contributed by atoms with Gasteiger partial charge in [0.05, 0.1) is 0 Å². The van der Waals surface area contributed by atoms with Crippen LogP contribution in [0.25, 0.3) is 0 Å². The quantitative estimate of drug-likeness (QED) is 0.0261. The maximum atomic E-state index is 12.9. The summed E-state index contributed by atoms with van der Waals surface area (Å²) in [5.41, 5.74) is 0. The van der Waals surface area contributed by atoms with Crippen molar-refractivity contribution >= 4 is 17.9 Å². The molecule has 6 heteroatoms. The van der Waals surface area contributed by atoms with Gasteiger partial charge >= 0.3 is 17.9 Å². The minimum Gasteiger partial charge on any atom is -0.462 e. The lowest BCUT2D eigenvalue weighted by Gasteiger charge is -2.18. The van der Waals surface area contributed by atoms with Gasteiger partial charge in [-0.2, -0.15) is 0 Å². The summed E-state index contributed by atoms with van der Waals surface area (Å²) in [5.74, 6) is -0.888. The number of carbonyl (C=O) groups is 3. The van der Waals surface area contributed by atoms with Crippen LogP contribution in [0.2, 0.25) is 0 Å². The van der Waals surface area contributed by atoms with E-state index < -0.39 is 6.10 Å². The van der Waals surface area contributed by atoms with E-state index >= 15 is 0 Å². The molecule has 0 N–H and O–H groups in total. The summed E-state index contributed by atoms with van der Waals surface area (Å²) < 4.78 is 16.9. The Bertz CT molecular complexity index is 1370. The molecule has 6 nitrogen and oxygen atoms in total. The number of allylic oxidation sites excluding steroid dienone is 12. The topological polar surface area (TPSA) is 78.9 Å². The minimum atomic E-state index is -0.784. The first kappa shape index (κ1) is 70.8. The van der Waals surface area contributed by atoms with Crippen molar-refractivity contribution in [2.24, 2.45) is 0 Å². The molecule has 0 heterocycles. The molecule has 0 saturated heterocycles. The Morgan fingerprint density at radius 2 is 0.486 bits per heavy atom. The molecule has 0 aromatic rings. The van der Waals surface area contributed by atoms with E-state index in [1.54, 1.807) is 0 Å². The Morgan fingerprint density at radius 3 is 0.797 bits per heavy atom. The van der Waals surface area contributed by atoms with Gasteiger partial charge in [0.1, 0.15) is 13.2 Å². The van der Waals surface area contributed by atoms with E-state index in [1.807, 2.05) is 0 Å². The number of rotatable bonds is 58. The van der Waals surface area contributed by atoms with E-state index in [1.165, 1.54) is 193 Å². The first-order chi connectivity index (χ1) is 36.5. The Morgan fingerprint density at radius 1 is 0.270 bits per heavy atom. The Kier molecular flexibility index (Phi) is 59.7.